The van der Waals surface area contributed by atoms with Gasteiger partial charge < -0.3 is 0 Å². The minimum atomic E-state index is 0.125. The van der Waals surface area contributed by atoms with Crippen LogP contribution >= 0.6 is 0 Å². The lowest BCUT2D eigenvalue weighted by Crippen LogP contribution is -2.27. The highest BCUT2D eigenvalue weighted by Gasteiger charge is 2.23. The third kappa shape index (κ3) is 2.87. The van der Waals surface area contributed by atoms with Crippen molar-refractivity contribution in [3.05, 3.63) is 35.4 Å². The number of hydrogen-bond acceptors (Lipinski definition) is 2. The highest BCUT2D eigenvalue weighted by Crippen LogP contribution is 2.20. The van der Waals surface area contributed by atoms with Crippen LogP contribution in [0.5, 0.6) is 0 Å². The van der Waals surface area contributed by atoms with Gasteiger partial charge in [0.05, 0.1) is 12.1 Å². The van der Waals surface area contributed by atoms with E-state index in [1.54, 1.807) is 0 Å². The zero-order valence-corrected chi connectivity index (χ0v) is 10.7. The van der Waals surface area contributed by atoms with E-state index in [9.17, 15) is 0 Å². The van der Waals surface area contributed by atoms with Gasteiger partial charge in [-0.25, -0.2) is 0 Å². The summed E-state index contributed by atoms with van der Waals surface area (Å²) in [6, 6.07) is 11.3. The van der Waals surface area contributed by atoms with Gasteiger partial charge in [-0.1, -0.05) is 38.1 Å². The van der Waals surface area contributed by atoms with Gasteiger partial charge in [-0.2, -0.15) is 5.26 Å². The van der Waals surface area contributed by atoms with Crippen LogP contribution in [0.1, 0.15) is 43.7 Å². The number of hydrogen-bond donors (Lipinski definition) is 0. The quantitative estimate of drug-likeness (QED) is 0.793. The van der Waals surface area contributed by atoms with Crippen LogP contribution < -0.4 is 0 Å². The smallest absolute Gasteiger partial charge is 0.0981 e. The van der Waals surface area contributed by atoms with Crippen LogP contribution in [0.15, 0.2) is 24.3 Å². The maximum atomic E-state index is 9.04. The van der Waals surface area contributed by atoms with Crippen LogP contribution in [0.2, 0.25) is 0 Å². The molecule has 1 fully saturated rings. The summed E-state index contributed by atoms with van der Waals surface area (Å²) in [5, 5.41) is 9.04. The second-order valence-electron chi connectivity index (χ2n) is 5.15. The average Bonchev–Trinajstić information content (AvgIpc) is 2.77. The zero-order chi connectivity index (χ0) is 12.3. The second kappa shape index (κ2) is 5.33. The predicted molar refractivity (Wildman–Crippen MR) is 69.6 cm³/mol. The van der Waals surface area contributed by atoms with E-state index in [4.69, 9.17) is 5.26 Å². The molecule has 1 aliphatic heterocycles. The van der Waals surface area contributed by atoms with Gasteiger partial charge in [-0.3, -0.25) is 4.90 Å². The second-order valence-corrected chi connectivity index (χ2v) is 5.15. The normalized spacial score (nSPS) is 20.7. The first kappa shape index (κ1) is 12.1. The van der Waals surface area contributed by atoms with Gasteiger partial charge in [-0.15, -0.1) is 0 Å². The minimum absolute atomic E-state index is 0.125. The van der Waals surface area contributed by atoms with E-state index < -0.39 is 0 Å². The molecule has 1 aromatic rings. The van der Waals surface area contributed by atoms with Crippen molar-refractivity contribution in [3.8, 4) is 6.07 Å². The molecular formula is C15H20N2. The molecule has 0 spiro atoms. The third-order valence-electron chi connectivity index (χ3n) is 3.54. The highest BCUT2D eigenvalue weighted by molar-refractivity contribution is 5.24. The topological polar surface area (TPSA) is 27.0 Å². The number of nitrogens with zero attached hydrogens (tertiary/aromatic N) is 2. The Hall–Kier alpha value is -1.33. The van der Waals surface area contributed by atoms with Gasteiger partial charge in [0.15, 0.2) is 0 Å². The molecule has 0 saturated carbocycles. The molecule has 1 aromatic carbocycles. The zero-order valence-electron chi connectivity index (χ0n) is 10.7. The summed E-state index contributed by atoms with van der Waals surface area (Å²) < 4.78 is 0. The minimum Gasteiger partial charge on any atom is -0.284 e. The van der Waals surface area contributed by atoms with E-state index >= 15 is 0 Å². The molecule has 1 saturated heterocycles. The van der Waals surface area contributed by atoms with Crippen LogP contribution in [0.4, 0.5) is 0 Å². The Kier molecular flexibility index (Phi) is 3.81. The maximum absolute atomic E-state index is 9.04. The fraction of sp³-hybridized carbons (Fsp3) is 0.533. The largest absolute Gasteiger partial charge is 0.284 e. The Morgan fingerprint density at radius 3 is 2.65 bits per heavy atom. The molecule has 0 N–H and O–H groups in total. The number of nitriles is 1. The predicted octanol–water partition coefficient (Wildman–Crippen LogP) is 3.30. The van der Waals surface area contributed by atoms with Gasteiger partial charge >= 0.3 is 0 Å². The van der Waals surface area contributed by atoms with E-state index in [1.807, 2.05) is 0 Å². The van der Waals surface area contributed by atoms with Crippen molar-refractivity contribution in [1.82, 2.24) is 4.90 Å². The maximum Gasteiger partial charge on any atom is 0.0981 e. The number of likely N-dealkylation sites (tertiary alicyclic amines) is 1. The number of rotatable bonds is 3. The third-order valence-corrected chi connectivity index (χ3v) is 3.54. The Balaban J connectivity index is 2.02. The SMILES string of the molecule is CC(C)c1ccc(CN2CCCC2C#N)cc1. The molecule has 2 rings (SSSR count). The fourth-order valence-electron chi connectivity index (χ4n) is 2.40. The molecule has 1 unspecified atom stereocenters. The molecule has 0 radical (unpaired) electrons. The van der Waals surface area contributed by atoms with Crippen LogP contribution in [-0.4, -0.2) is 17.5 Å². The van der Waals surface area contributed by atoms with E-state index in [0.29, 0.717) is 5.92 Å². The van der Waals surface area contributed by atoms with Crippen molar-refractivity contribution in [1.29, 1.82) is 5.26 Å². The van der Waals surface area contributed by atoms with E-state index in [2.05, 4.69) is 49.1 Å². The van der Waals surface area contributed by atoms with Gasteiger partial charge in [0.2, 0.25) is 0 Å². The Labute approximate surface area is 104 Å². The molecule has 2 heteroatoms. The summed E-state index contributed by atoms with van der Waals surface area (Å²) in [5.74, 6) is 0.586. The fourth-order valence-corrected chi connectivity index (χ4v) is 2.40. The van der Waals surface area contributed by atoms with Crippen LogP contribution in [0.25, 0.3) is 0 Å². The van der Waals surface area contributed by atoms with Crippen molar-refractivity contribution < 1.29 is 0 Å². The van der Waals surface area contributed by atoms with Crippen molar-refractivity contribution >= 4 is 0 Å². The lowest BCUT2D eigenvalue weighted by atomic mass is 10.0. The molecular weight excluding hydrogens is 208 g/mol. The van der Waals surface area contributed by atoms with Crippen molar-refractivity contribution in [2.45, 2.75) is 45.2 Å². The highest BCUT2D eigenvalue weighted by atomic mass is 15.2. The number of benzene rings is 1. The lowest BCUT2D eigenvalue weighted by Gasteiger charge is -2.19. The molecule has 17 heavy (non-hydrogen) atoms. The van der Waals surface area contributed by atoms with E-state index in [0.717, 1.165) is 25.9 Å². The van der Waals surface area contributed by atoms with Crippen LogP contribution in [0.3, 0.4) is 0 Å². The summed E-state index contributed by atoms with van der Waals surface area (Å²) >= 11 is 0. The molecule has 0 aromatic heterocycles. The van der Waals surface area contributed by atoms with Gasteiger partial charge in [0.1, 0.15) is 0 Å². The first-order chi connectivity index (χ1) is 8.20. The molecule has 2 nitrogen and oxygen atoms in total. The summed E-state index contributed by atoms with van der Waals surface area (Å²) in [4.78, 5) is 2.28. The van der Waals surface area contributed by atoms with Gasteiger partial charge in [-0.05, 0) is 36.4 Å². The first-order valence-electron chi connectivity index (χ1n) is 6.43. The van der Waals surface area contributed by atoms with Crippen molar-refractivity contribution in [2.75, 3.05) is 6.54 Å². The summed E-state index contributed by atoms with van der Waals surface area (Å²) in [7, 11) is 0. The van der Waals surface area contributed by atoms with Crippen LogP contribution in [-0.2, 0) is 6.54 Å². The summed E-state index contributed by atoms with van der Waals surface area (Å²) in [6.07, 6.45) is 2.18. The molecule has 0 bridgehead atoms. The molecule has 0 amide bonds. The summed E-state index contributed by atoms with van der Waals surface area (Å²) in [6.45, 7) is 6.39. The van der Waals surface area contributed by atoms with Crippen molar-refractivity contribution in [2.24, 2.45) is 0 Å². The average molecular weight is 228 g/mol. The molecule has 1 atom stereocenters. The van der Waals surface area contributed by atoms with E-state index in [1.165, 1.54) is 11.1 Å². The molecule has 90 valence electrons. The monoisotopic (exact) mass is 228 g/mol. The Morgan fingerprint density at radius 1 is 1.35 bits per heavy atom. The Morgan fingerprint density at radius 2 is 2.06 bits per heavy atom. The van der Waals surface area contributed by atoms with Crippen LogP contribution in [0, 0.1) is 11.3 Å². The first-order valence-corrected chi connectivity index (χ1v) is 6.43. The summed E-state index contributed by atoms with van der Waals surface area (Å²) in [5.41, 5.74) is 2.70. The van der Waals surface area contributed by atoms with Gasteiger partial charge in [0, 0.05) is 6.54 Å². The molecule has 1 aliphatic rings. The Bertz CT molecular complexity index is 400. The molecule has 1 heterocycles. The van der Waals surface area contributed by atoms with Crippen molar-refractivity contribution in [3.63, 3.8) is 0 Å². The van der Waals surface area contributed by atoms with Gasteiger partial charge in [0.25, 0.3) is 0 Å². The van der Waals surface area contributed by atoms with E-state index in [-0.39, 0.29) is 6.04 Å². The lowest BCUT2D eigenvalue weighted by molar-refractivity contribution is 0.286. The molecule has 0 aliphatic carbocycles. The standard InChI is InChI=1S/C15H20N2/c1-12(2)14-7-5-13(6-8-14)11-17-9-3-4-15(17)10-16/h5-8,12,15H,3-4,9,11H2,1-2H3.